The molecule has 0 atom stereocenters. The highest BCUT2D eigenvalue weighted by atomic mass is 16.5. The number of fused-ring (bicyclic) bond motifs is 1. The van der Waals surface area contributed by atoms with Gasteiger partial charge in [-0.05, 0) is 11.6 Å². The van der Waals surface area contributed by atoms with Gasteiger partial charge < -0.3 is 9.64 Å². The first-order valence-electron chi connectivity index (χ1n) is 10.3. The van der Waals surface area contributed by atoms with Crippen LogP contribution in [-0.2, 0) is 24.2 Å². The van der Waals surface area contributed by atoms with Gasteiger partial charge in [-0.1, -0.05) is 36.4 Å². The van der Waals surface area contributed by atoms with Gasteiger partial charge in [-0.3, -0.25) is 4.90 Å². The van der Waals surface area contributed by atoms with Gasteiger partial charge in [0, 0.05) is 62.7 Å². The van der Waals surface area contributed by atoms with Crippen molar-refractivity contribution in [2.24, 2.45) is 0 Å². The van der Waals surface area contributed by atoms with Gasteiger partial charge in [-0.15, -0.1) is 0 Å². The number of pyridine rings is 1. The van der Waals surface area contributed by atoms with Crippen molar-refractivity contribution in [3.63, 3.8) is 0 Å². The summed E-state index contributed by atoms with van der Waals surface area (Å²) in [5.41, 5.74) is 4.72. The lowest BCUT2D eigenvalue weighted by Crippen LogP contribution is -2.36. The minimum atomic E-state index is 0.782. The number of rotatable bonds is 4. The zero-order valence-corrected chi connectivity index (χ0v) is 16.5. The molecule has 0 amide bonds. The van der Waals surface area contributed by atoms with E-state index in [1.807, 2.05) is 30.6 Å². The summed E-state index contributed by atoms with van der Waals surface area (Å²) in [5, 5.41) is 0. The van der Waals surface area contributed by atoms with Crippen LogP contribution in [0.1, 0.15) is 16.8 Å². The minimum absolute atomic E-state index is 0.782. The fourth-order valence-electron chi connectivity index (χ4n) is 3.98. The summed E-state index contributed by atoms with van der Waals surface area (Å²) < 4.78 is 5.42. The van der Waals surface area contributed by atoms with Gasteiger partial charge in [0.15, 0.2) is 5.82 Å². The Morgan fingerprint density at radius 1 is 0.897 bits per heavy atom. The smallest absolute Gasteiger partial charge is 0.159 e. The second kappa shape index (κ2) is 8.27. The number of ether oxygens (including phenoxy) is 1. The highest BCUT2D eigenvalue weighted by Crippen LogP contribution is 2.22. The molecule has 2 aromatic heterocycles. The van der Waals surface area contributed by atoms with Crippen molar-refractivity contribution >= 4 is 5.82 Å². The summed E-state index contributed by atoms with van der Waals surface area (Å²) in [6.07, 6.45) is 4.96. The van der Waals surface area contributed by atoms with Crippen molar-refractivity contribution in [2.75, 3.05) is 37.7 Å². The standard InChI is InChI=1S/C23H25N5O/c1-2-4-19(5-3-1)23-25-15-20-17-27(9-8-21(20)26-23)16-18-6-7-22(24-14-18)28-10-12-29-13-11-28/h1-7,14-15H,8-13,16-17H2. The van der Waals surface area contributed by atoms with Crippen molar-refractivity contribution < 1.29 is 4.74 Å². The van der Waals surface area contributed by atoms with E-state index in [9.17, 15) is 0 Å². The molecule has 0 bridgehead atoms. The van der Waals surface area contributed by atoms with E-state index in [-0.39, 0.29) is 0 Å². The summed E-state index contributed by atoms with van der Waals surface area (Å²) in [4.78, 5) is 18.8. The van der Waals surface area contributed by atoms with Gasteiger partial charge in [0.05, 0.1) is 18.9 Å². The first-order valence-corrected chi connectivity index (χ1v) is 10.3. The van der Waals surface area contributed by atoms with Gasteiger partial charge in [-0.25, -0.2) is 15.0 Å². The molecule has 148 valence electrons. The molecule has 4 heterocycles. The molecule has 2 aliphatic rings. The third kappa shape index (κ3) is 4.13. The number of benzene rings is 1. The number of aromatic nitrogens is 3. The van der Waals surface area contributed by atoms with Crippen LogP contribution in [0.2, 0.25) is 0 Å². The van der Waals surface area contributed by atoms with E-state index < -0.39 is 0 Å². The maximum Gasteiger partial charge on any atom is 0.159 e. The molecule has 29 heavy (non-hydrogen) atoms. The van der Waals surface area contributed by atoms with Crippen LogP contribution in [0.5, 0.6) is 0 Å². The third-order valence-electron chi connectivity index (χ3n) is 5.60. The van der Waals surface area contributed by atoms with E-state index in [1.165, 1.54) is 16.8 Å². The van der Waals surface area contributed by atoms with Crippen molar-refractivity contribution in [3.05, 3.63) is 71.7 Å². The van der Waals surface area contributed by atoms with E-state index >= 15 is 0 Å². The number of hydrogen-bond acceptors (Lipinski definition) is 6. The molecule has 3 aromatic rings. The van der Waals surface area contributed by atoms with Crippen molar-refractivity contribution in [1.82, 2.24) is 19.9 Å². The molecule has 0 saturated carbocycles. The van der Waals surface area contributed by atoms with Crippen LogP contribution in [0.4, 0.5) is 5.82 Å². The molecule has 1 aromatic carbocycles. The number of hydrogen-bond donors (Lipinski definition) is 0. The predicted octanol–water partition coefficient (Wildman–Crippen LogP) is 2.93. The molecular formula is C23H25N5O. The molecule has 0 unspecified atom stereocenters. The SMILES string of the molecule is c1ccc(-c2ncc3c(n2)CCN(Cc2ccc(N4CCOCC4)nc2)C3)cc1. The molecular weight excluding hydrogens is 362 g/mol. The lowest BCUT2D eigenvalue weighted by atomic mass is 10.1. The lowest BCUT2D eigenvalue weighted by Gasteiger charge is -2.29. The molecule has 5 rings (SSSR count). The molecule has 1 saturated heterocycles. The molecule has 1 fully saturated rings. The topological polar surface area (TPSA) is 54.4 Å². The zero-order valence-electron chi connectivity index (χ0n) is 16.5. The minimum Gasteiger partial charge on any atom is -0.378 e. The fourth-order valence-corrected chi connectivity index (χ4v) is 3.98. The van der Waals surface area contributed by atoms with Crippen LogP contribution in [-0.4, -0.2) is 52.7 Å². The Hall–Kier alpha value is -2.83. The number of nitrogens with zero attached hydrogens (tertiary/aromatic N) is 5. The van der Waals surface area contributed by atoms with Crippen LogP contribution in [0.3, 0.4) is 0 Å². The molecule has 6 heteroatoms. The van der Waals surface area contributed by atoms with Gasteiger partial charge in [0.25, 0.3) is 0 Å². The zero-order chi connectivity index (χ0) is 19.5. The van der Waals surface area contributed by atoms with E-state index in [4.69, 9.17) is 9.72 Å². The van der Waals surface area contributed by atoms with Crippen LogP contribution < -0.4 is 4.90 Å². The summed E-state index contributed by atoms with van der Waals surface area (Å²) >= 11 is 0. The summed E-state index contributed by atoms with van der Waals surface area (Å²) in [5.74, 6) is 1.86. The molecule has 0 aliphatic carbocycles. The first kappa shape index (κ1) is 18.2. The average Bonchev–Trinajstić information content (AvgIpc) is 2.80. The van der Waals surface area contributed by atoms with Crippen LogP contribution in [0, 0.1) is 0 Å². The fraction of sp³-hybridized carbons (Fsp3) is 0.348. The van der Waals surface area contributed by atoms with Crippen molar-refractivity contribution in [2.45, 2.75) is 19.5 Å². The van der Waals surface area contributed by atoms with Crippen molar-refractivity contribution in [1.29, 1.82) is 0 Å². The van der Waals surface area contributed by atoms with E-state index in [0.29, 0.717) is 0 Å². The Balaban J connectivity index is 1.24. The maximum atomic E-state index is 5.42. The summed E-state index contributed by atoms with van der Waals surface area (Å²) in [6.45, 7) is 6.19. The largest absolute Gasteiger partial charge is 0.378 e. The van der Waals surface area contributed by atoms with Crippen LogP contribution in [0.15, 0.2) is 54.9 Å². The summed E-state index contributed by atoms with van der Waals surface area (Å²) in [7, 11) is 0. The Kier molecular flexibility index (Phi) is 5.19. The second-order valence-corrected chi connectivity index (χ2v) is 7.62. The highest BCUT2D eigenvalue weighted by molar-refractivity contribution is 5.54. The van der Waals surface area contributed by atoms with E-state index in [2.05, 4.69) is 44.0 Å². The molecule has 2 aliphatic heterocycles. The number of anilines is 1. The van der Waals surface area contributed by atoms with Crippen molar-refractivity contribution in [3.8, 4) is 11.4 Å². The Labute approximate surface area is 171 Å². The molecule has 6 nitrogen and oxygen atoms in total. The quantitative estimate of drug-likeness (QED) is 0.686. The highest BCUT2D eigenvalue weighted by Gasteiger charge is 2.19. The normalized spacial score (nSPS) is 17.2. The van der Waals surface area contributed by atoms with Crippen LogP contribution in [0.25, 0.3) is 11.4 Å². The first-order chi connectivity index (χ1) is 14.3. The predicted molar refractivity (Wildman–Crippen MR) is 113 cm³/mol. The second-order valence-electron chi connectivity index (χ2n) is 7.62. The van der Waals surface area contributed by atoms with Gasteiger partial charge in [0.2, 0.25) is 0 Å². The van der Waals surface area contributed by atoms with E-state index in [0.717, 1.165) is 69.6 Å². The lowest BCUT2D eigenvalue weighted by molar-refractivity contribution is 0.122. The summed E-state index contributed by atoms with van der Waals surface area (Å²) in [6, 6.07) is 14.5. The monoisotopic (exact) mass is 387 g/mol. The molecule has 0 radical (unpaired) electrons. The van der Waals surface area contributed by atoms with Crippen LogP contribution >= 0.6 is 0 Å². The Bertz CT molecular complexity index is 955. The van der Waals surface area contributed by atoms with Gasteiger partial charge in [-0.2, -0.15) is 0 Å². The maximum absolute atomic E-state index is 5.42. The molecule has 0 N–H and O–H groups in total. The Morgan fingerprint density at radius 3 is 2.55 bits per heavy atom. The molecule has 0 spiro atoms. The third-order valence-corrected chi connectivity index (χ3v) is 5.60. The number of morpholine rings is 1. The van der Waals surface area contributed by atoms with Gasteiger partial charge in [0.1, 0.15) is 5.82 Å². The van der Waals surface area contributed by atoms with Gasteiger partial charge >= 0.3 is 0 Å². The Morgan fingerprint density at radius 2 is 1.76 bits per heavy atom. The van der Waals surface area contributed by atoms with E-state index in [1.54, 1.807) is 0 Å². The average molecular weight is 387 g/mol.